The minimum atomic E-state index is -0.00690. The van der Waals surface area contributed by atoms with Gasteiger partial charge in [-0.2, -0.15) is 0 Å². The minimum Gasteiger partial charge on any atom is -0.497 e. The van der Waals surface area contributed by atoms with Crippen LogP contribution >= 0.6 is 0 Å². The molecule has 0 N–H and O–H groups in total. The van der Waals surface area contributed by atoms with Gasteiger partial charge in [0.1, 0.15) is 11.5 Å². The second-order valence-corrected chi connectivity index (χ2v) is 4.40. The Bertz CT molecular complexity index is 462. The number of nitrogens with zero attached hydrogens (tertiary/aromatic N) is 2. The molecule has 1 aliphatic heterocycles. The number of ether oxygens (including phenoxy) is 2. The molecule has 98 valence electrons. The van der Waals surface area contributed by atoms with Crippen molar-refractivity contribution in [3.05, 3.63) is 23.8 Å². The van der Waals surface area contributed by atoms with Gasteiger partial charge in [-0.3, -0.25) is 0 Å². The summed E-state index contributed by atoms with van der Waals surface area (Å²) in [7, 11) is 6.86. The number of likely N-dealkylation sites (N-methyl/N-ethyl adjacent to an activating group) is 2. The first kappa shape index (κ1) is 12.5. The average molecular weight is 250 g/mol. The summed E-state index contributed by atoms with van der Waals surface area (Å²) >= 11 is 0. The second kappa shape index (κ2) is 4.76. The van der Waals surface area contributed by atoms with E-state index in [0.717, 1.165) is 17.1 Å². The summed E-state index contributed by atoms with van der Waals surface area (Å²) in [6.45, 7) is 0.652. The Morgan fingerprint density at radius 1 is 1.22 bits per heavy atom. The zero-order valence-corrected chi connectivity index (χ0v) is 11.1. The summed E-state index contributed by atoms with van der Waals surface area (Å²) in [6, 6.07) is 5.65. The highest BCUT2D eigenvalue weighted by Gasteiger charge is 2.34. The van der Waals surface area contributed by atoms with Crippen molar-refractivity contribution in [2.24, 2.45) is 0 Å². The molecule has 1 fully saturated rings. The van der Waals surface area contributed by atoms with E-state index in [0.29, 0.717) is 6.54 Å². The van der Waals surface area contributed by atoms with Gasteiger partial charge < -0.3 is 19.3 Å². The molecule has 5 heteroatoms. The quantitative estimate of drug-likeness (QED) is 0.820. The monoisotopic (exact) mass is 250 g/mol. The first-order valence-electron chi connectivity index (χ1n) is 5.78. The van der Waals surface area contributed by atoms with E-state index in [4.69, 9.17) is 9.47 Å². The van der Waals surface area contributed by atoms with E-state index in [1.54, 1.807) is 38.1 Å². The van der Waals surface area contributed by atoms with Crippen LogP contribution in [-0.2, 0) is 0 Å². The van der Waals surface area contributed by atoms with Gasteiger partial charge in [-0.1, -0.05) is 0 Å². The lowest BCUT2D eigenvalue weighted by atomic mass is 10.1. The minimum absolute atomic E-state index is 0.00690. The third-order valence-electron chi connectivity index (χ3n) is 3.34. The summed E-state index contributed by atoms with van der Waals surface area (Å²) in [6.07, 6.45) is 0. The van der Waals surface area contributed by atoms with Crippen LogP contribution < -0.4 is 9.47 Å². The van der Waals surface area contributed by atoms with Gasteiger partial charge in [-0.05, 0) is 18.2 Å². The van der Waals surface area contributed by atoms with Crippen molar-refractivity contribution in [1.82, 2.24) is 9.80 Å². The van der Waals surface area contributed by atoms with Crippen molar-refractivity contribution < 1.29 is 14.3 Å². The van der Waals surface area contributed by atoms with E-state index in [1.807, 2.05) is 18.2 Å². The lowest BCUT2D eigenvalue weighted by molar-refractivity contribution is 0.201. The molecule has 1 aromatic rings. The van der Waals surface area contributed by atoms with E-state index >= 15 is 0 Å². The molecular weight excluding hydrogens is 232 g/mol. The van der Waals surface area contributed by atoms with E-state index in [1.165, 1.54) is 0 Å². The lowest BCUT2D eigenvalue weighted by Gasteiger charge is -2.21. The third-order valence-corrected chi connectivity index (χ3v) is 3.34. The molecule has 18 heavy (non-hydrogen) atoms. The van der Waals surface area contributed by atoms with E-state index in [-0.39, 0.29) is 12.1 Å². The highest BCUT2D eigenvalue weighted by molar-refractivity contribution is 5.77. The predicted molar refractivity (Wildman–Crippen MR) is 68.1 cm³/mol. The molecule has 0 saturated carbocycles. The molecule has 1 aliphatic rings. The van der Waals surface area contributed by atoms with E-state index in [2.05, 4.69) is 0 Å². The Kier molecular flexibility index (Phi) is 3.32. The maximum Gasteiger partial charge on any atom is 0.320 e. The summed E-state index contributed by atoms with van der Waals surface area (Å²) in [5.41, 5.74) is 0.969. The van der Waals surface area contributed by atoms with Crippen LogP contribution in [0.25, 0.3) is 0 Å². The van der Waals surface area contributed by atoms with Crippen LogP contribution in [0.4, 0.5) is 4.79 Å². The molecule has 0 bridgehead atoms. The maximum absolute atomic E-state index is 11.8. The van der Waals surface area contributed by atoms with Gasteiger partial charge in [0.05, 0.1) is 20.3 Å². The van der Waals surface area contributed by atoms with Crippen LogP contribution in [0.3, 0.4) is 0 Å². The van der Waals surface area contributed by atoms with Gasteiger partial charge in [0.15, 0.2) is 0 Å². The Balaban J connectivity index is 2.40. The molecule has 1 aromatic carbocycles. The van der Waals surface area contributed by atoms with Crippen LogP contribution in [-0.4, -0.2) is 50.7 Å². The predicted octanol–water partition coefficient (Wildman–Crippen LogP) is 1.74. The Morgan fingerprint density at radius 2 is 1.94 bits per heavy atom. The van der Waals surface area contributed by atoms with Gasteiger partial charge in [0.25, 0.3) is 0 Å². The van der Waals surface area contributed by atoms with Gasteiger partial charge >= 0.3 is 6.03 Å². The molecule has 0 aromatic heterocycles. The van der Waals surface area contributed by atoms with Gasteiger partial charge in [-0.15, -0.1) is 0 Å². The topological polar surface area (TPSA) is 42.0 Å². The molecule has 5 nitrogen and oxygen atoms in total. The SMILES string of the molecule is COc1ccc(OC)c(C2CN(C)C(=O)N2C)c1. The molecule has 1 atom stereocenters. The largest absolute Gasteiger partial charge is 0.497 e. The molecular formula is C13H18N2O3. The molecule has 2 amide bonds. The number of methoxy groups -OCH3 is 2. The first-order valence-corrected chi connectivity index (χ1v) is 5.78. The van der Waals surface area contributed by atoms with Crippen LogP contribution in [0.5, 0.6) is 11.5 Å². The second-order valence-electron chi connectivity index (χ2n) is 4.40. The van der Waals surface area contributed by atoms with E-state index < -0.39 is 0 Å². The summed E-state index contributed by atoms with van der Waals surface area (Å²) in [4.78, 5) is 15.2. The highest BCUT2D eigenvalue weighted by atomic mass is 16.5. The summed E-state index contributed by atoms with van der Waals surface area (Å²) in [5.74, 6) is 1.54. The van der Waals surface area contributed by atoms with Crippen molar-refractivity contribution >= 4 is 6.03 Å². The summed E-state index contributed by atoms with van der Waals surface area (Å²) in [5, 5.41) is 0. The molecule has 1 saturated heterocycles. The molecule has 0 aliphatic carbocycles. The number of hydrogen-bond acceptors (Lipinski definition) is 3. The fourth-order valence-electron chi connectivity index (χ4n) is 2.27. The van der Waals surface area contributed by atoms with Crippen LogP contribution in [0, 0.1) is 0 Å². The van der Waals surface area contributed by atoms with Crippen LogP contribution in [0.1, 0.15) is 11.6 Å². The van der Waals surface area contributed by atoms with Crippen LogP contribution in [0.15, 0.2) is 18.2 Å². The zero-order chi connectivity index (χ0) is 13.3. The van der Waals surface area contributed by atoms with Crippen molar-refractivity contribution in [1.29, 1.82) is 0 Å². The van der Waals surface area contributed by atoms with Gasteiger partial charge in [0.2, 0.25) is 0 Å². The summed E-state index contributed by atoms with van der Waals surface area (Å²) < 4.78 is 10.6. The number of carbonyl (C=O) groups excluding carboxylic acids is 1. The van der Waals surface area contributed by atoms with Crippen LogP contribution in [0.2, 0.25) is 0 Å². The number of rotatable bonds is 3. The zero-order valence-electron chi connectivity index (χ0n) is 11.1. The normalized spacial score (nSPS) is 19.3. The molecule has 0 spiro atoms. The smallest absolute Gasteiger partial charge is 0.320 e. The van der Waals surface area contributed by atoms with Gasteiger partial charge in [0, 0.05) is 26.2 Å². The Labute approximate surface area is 107 Å². The fourth-order valence-corrected chi connectivity index (χ4v) is 2.27. The number of urea groups is 1. The molecule has 0 radical (unpaired) electrons. The maximum atomic E-state index is 11.8. The van der Waals surface area contributed by atoms with Crippen molar-refractivity contribution in [2.75, 3.05) is 34.9 Å². The first-order chi connectivity index (χ1) is 8.58. The molecule has 1 unspecified atom stereocenters. The average Bonchev–Trinajstić information content (AvgIpc) is 2.65. The molecule has 1 heterocycles. The Morgan fingerprint density at radius 3 is 2.44 bits per heavy atom. The van der Waals surface area contributed by atoms with E-state index in [9.17, 15) is 4.79 Å². The number of carbonyl (C=O) groups is 1. The van der Waals surface area contributed by atoms with Crippen molar-refractivity contribution in [3.63, 3.8) is 0 Å². The molecule has 2 rings (SSSR count). The highest BCUT2D eigenvalue weighted by Crippen LogP contribution is 2.35. The number of amides is 2. The number of hydrogen-bond donors (Lipinski definition) is 0. The van der Waals surface area contributed by atoms with Gasteiger partial charge in [-0.25, -0.2) is 4.79 Å². The Hall–Kier alpha value is -1.91. The third kappa shape index (κ3) is 1.96. The van der Waals surface area contributed by atoms with Crippen molar-refractivity contribution in [2.45, 2.75) is 6.04 Å². The number of benzene rings is 1. The standard InChI is InChI=1S/C13H18N2O3/c1-14-8-11(15(2)13(14)16)10-7-9(17-3)5-6-12(10)18-4/h5-7,11H,8H2,1-4H3. The van der Waals surface area contributed by atoms with Crippen molar-refractivity contribution in [3.8, 4) is 11.5 Å². The fraction of sp³-hybridized carbons (Fsp3) is 0.462. The lowest BCUT2D eigenvalue weighted by Crippen LogP contribution is -2.26.